The highest BCUT2D eigenvalue weighted by atomic mass is 79.9. The number of ether oxygens (including phenoxy) is 1. The van der Waals surface area contributed by atoms with Crippen LogP contribution in [0.5, 0.6) is 0 Å². The van der Waals surface area contributed by atoms with E-state index < -0.39 is 11.7 Å². The number of hydrogen-bond acceptors (Lipinski definition) is 4. The summed E-state index contributed by atoms with van der Waals surface area (Å²) in [4.78, 5) is 11.7. The van der Waals surface area contributed by atoms with Gasteiger partial charge in [-0.05, 0) is 49.5 Å². The highest BCUT2D eigenvalue weighted by Crippen LogP contribution is 2.24. The van der Waals surface area contributed by atoms with Gasteiger partial charge in [0, 0.05) is 26.1 Å². The van der Waals surface area contributed by atoms with Crippen LogP contribution in [-0.2, 0) is 24.6 Å². The maximum Gasteiger partial charge on any atom is 0.407 e. The normalized spacial score (nSPS) is 13.0. The fourth-order valence-corrected chi connectivity index (χ4v) is 2.84. The fourth-order valence-electron chi connectivity index (χ4n) is 2.06. The van der Waals surface area contributed by atoms with E-state index in [0.29, 0.717) is 13.0 Å². The third-order valence-electron chi connectivity index (χ3n) is 3.18. The topological polar surface area (TPSA) is 76.4 Å². The third-order valence-corrected chi connectivity index (χ3v) is 4.09. The SMILES string of the molecule is CCc1nn(C)c(CC(CO)CNC(=O)OC(C)(C)C)c1Br. The molecule has 0 radical (unpaired) electrons. The molecule has 0 bridgehead atoms. The minimum atomic E-state index is -0.528. The van der Waals surface area contributed by atoms with Crippen molar-refractivity contribution in [2.75, 3.05) is 13.2 Å². The average molecular weight is 376 g/mol. The number of nitrogens with zero attached hydrogens (tertiary/aromatic N) is 2. The molecule has 0 saturated carbocycles. The van der Waals surface area contributed by atoms with Crippen LogP contribution in [0.15, 0.2) is 4.47 Å². The van der Waals surface area contributed by atoms with Gasteiger partial charge in [-0.3, -0.25) is 4.68 Å². The molecule has 0 fully saturated rings. The Labute approximate surface area is 140 Å². The lowest BCUT2D eigenvalue weighted by Crippen LogP contribution is -2.36. The monoisotopic (exact) mass is 375 g/mol. The fraction of sp³-hybridized carbons (Fsp3) is 0.733. The lowest BCUT2D eigenvalue weighted by Gasteiger charge is -2.21. The Kier molecular flexibility index (Phi) is 6.87. The maximum atomic E-state index is 11.7. The van der Waals surface area contributed by atoms with Crippen LogP contribution < -0.4 is 5.32 Å². The molecule has 1 aromatic rings. The van der Waals surface area contributed by atoms with Gasteiger partial charge in [-0.25, -0.2) is 4.79 Å². The Morgan fingerprint density at radius 2 is 2.14 bits per heavy atom. The van der Waals surface area contributed by atoms with Crippen molar-refractivity contribution in [3.8, 4) is 0 Å². The molecule has 1 heterocycles. The van der Waals surface area contributed by atoms with Crippen LogP contribution in [0.4, 0.5) is 4.79 Å². The van der Waals surface area contributed by atoms with Crippen molar-refractivity contribution in [3.05, 3.63) is 15.9 Å². The van der Waals surface area contributed by atoms with Gasteiger partial charge < -0.3 is 15.2 Å². The lowest BCUT2D eigenvalue weighted by atomic mass is 10.0. The molecule has 1 aromatic heterocycles. The molecular weight excluding hydrogens is 350 g/mol. The summed E-state index contributed by atoms with van der Waals surface area (Å²) in [6, 6.07) is 0. The number of amides is 1. The second kappa shape index (κ2) is 7.97. The molecule has 1 amide bonds. The molecule has 7 heteroatoms. The molecule has 0 saturated heterocycles. The summed E-state index contributed by atoms with van der Waals surface area (Å²) >= 11 is 3.56. The Bertz CT molecular complexity index is 509. The van der Waals surface area contributed by atoms with Crippen LogP contribution in [0.25, 0.3) is 0 Å². The first-order chi connectivity index (χ1) is 10.2. The first-order valence-corrected chi connectivity index (χ1v) is 8.25. The number of aryl methyl sites for hydroxylation is 2. The number of halogens is 1. The van der Waals surface area contributed by atoms with Gasteiger partial charge in [0.15, 0.2) is 0 Å². The minimum Gasteiger partial charge on any atom is -0.444 e. The van der Waals surface area contributed by atoms with E-state index in [-0.39, 0.29) is 12.5 Å². The summed E-state index contributed by atoms with van der Waals surface area (Å²) in [6.45, 7) is 7.82. The van der Waals surface area contributed by atoms with Crippen molar-refractivity contribution in [1.29, 1.82) is 0 Å². The zero-order chi connectivity index (χ0) is 16.9. The number of carbonyl (C=O) groups is 1. The van der Waals surface area contributed by atoms with Gasteiger partial charge in [-0.2, -0.15) is 5.10 Å². The second-order valence-corrected chi connectivity index (χ2v) is 7.11. The van der Waals surface area contributed by atoms with Gasteiger partial charge >= 0.3 is 6.09 Å². The number of aromatic nitrogens is 2. The largest absolute Gasteiger partial charge is 0.444 e. The van der Waals surface area contributed by atoms with Crippen molar-refractivity contribution >= 4 is 22.0 Å². The molecule has 22 heavy (non-hydrogen) atoms. The van der Waals surface area contributed by atoms with Crippen LogP contribution >= 0.6 is 15.9 Å². The summed E-state index contributed by atoms with van der Waals surface area (Å²) < 4.78 is 7.99. The highest BCUT2D eigenvalue weighted by molar-refractivity contribution is 9.10. The molecule has 1 atom stereocenters. The van der Waals surface area contributed by atoms with Gasteiger partial charge in [-0.1, -0.05) is 6.92 Å². The third kappa shape index (κ3) is 5.61. The highest BCUT2D eigenvalue weighted by Gasteiger charge is 2.20. The number of aliphatic hydroxyl groups is 1. The van der Waals surface area contributed by atoms with E-state index in [4.69, 9.17) is 4.74 Å². The maximum absolute atomic E-state index is 11.7. The Balaban J connectivity index is 2.63. The van der Waals surface area contributed by atoms with Crippen molar-refractivity contribution in [2.24, 2.45) is 13.0 Å². The molecule has 6 nitrogen and oxygen atoms in total. The molecule has 0 spiro atoms. The van der Waals surface area contributed by atoms with E-state index in [1.807, 2.05) is 39.4 Å². The Morgan fingerprint density at radius 1 is 1.50 bits per heavy atom. The number of aliphatic hydroxyl groups excluding tert-OH is 1. The molecule has 1 rings (SSSR count). The van der Waals surface area contributed by atoms with Crippen LogP contribution in [0.2, 0.25) is 0 Å². The quantitative estimate of drug-likeness (QED) is 0.800. The number of carbonyl (C=O) groups excluding carboxylic acids is 1. The van der Waals surface area contributed by atoms with Gasteiger partial charge in [0.1, 0.15) is 5.60 Å². The molecule has 2 N–H and O–H groups in total. The first kappa shape index (κ1) is 19.0. The molecule has 0 aromatic carbocycles. The molecule has 0 aliphatic heterocycles. The zero-order valence-corrected chi connectivity index (χ0v) is 15.5. The molecular formula is C15H26BrN3O3. The van der Waals surface area contributed by atoms with Gasteiger partial charge in [-0.15, -0.1) is 0 Å². The summed E-state index contributed by atoms with van der Waals surface area (Å²) in [5, 5.41) is 16.7. The minimum absolute atomic E-state index is 0.0190. The van der Waals surface area contributed by atoms with E-state index in [2.05, 4.69) is 26.3 Å². The lowest BCUT2D eigenvalue weighted by molar-refractivity contribution is 0.0512. The summed E-state index contributed by atoms with van der Waals surface area (Å²) in [6.07, 6.45) is 0.995. The number of rotatable bonds is 6. The zero-order valence-electron chi connectivity index (χ0n) is 13.9. The summed E-state index contributed by atoms with van der Waals surface area (Å²) in [5.41, 5.74) is 1.48. The predicted molar refractivity (Wildman–Crippen MR) is 88.8 cm³/mol. The molecule has 0 aliphatic carbocycles. The number of hydrogen-bond donors (Lipinski definition) is 2. The standard InChI is InChI=1S/C15H26BrN3O3/c1-6-11-13(16)12(19(5)18-11)7-10(9-20)8-17-14(21)22-15(2,3)4/h10,20H,6-9H2,1-5H3,(H,17,21). The molecule has 126 valence electrons. The van der Waals surface area contributed by atoms with Crippen LogP contribution in [0.1, 0.15) is 39.1 Å². The number of nitrogens with one attached hydrogen (secondary N) is 1. The van der Waals surface area contributed by atoms with Crippen molar-refractivity contribution < 1.29 is 14.6 Å². The van der Waals surface area contributed by atoms with Crippen molar-refractivity contribution in [2.45, 2.75) is 46.1 Å². The smallest absolute Gasteiger partial charge is 0.407 e. The summed E-state index contributed by atoms with van der Waals surface area (Å²) in [5.74, 6) is -0.0936. The average Bonchev–Trinajstić information content (AvgIpc) is 2.68. The van der Waals surface area contributed by atoms with E-state index in [1.54, 1.807) is 0 Å². The summed E-state index contributed by atoms with van der Waals surface area (Å²) in [7, 11) is 1.88. The van der Waals surface area contributed by atoms with E-state index in [9.17, 15) is 9.90 Å². The second-order valence-electron chi connectivity index (χ2n) is 6.32. The van der Waals surface area contributed by atoms with Gasteiger partial charge in [0.2, 0.25) is 0 Å². The number of alkyl carbamates (subject to hydrolysis) is 1. The molecule has 1 unspecified atom stereocenters. The Hall–Kier alpha value is -1.08. The van der Waals surface area contributed by atoms with Crippen molar-refractivity contribution in [3.63, 3.8) is 0 Å². The van der Waals surface area contributed by atoms with Gasteiger partial charge in [0.25, 0.3) is 0 Å². The first-order valence-electron chi connectivity index (χ1n) is 7.45. The van der Waals surface area contributed by atoms with E-state index >= 15 is 0 Å². The molecule has 0 aliphatic rings. The van der Waals surface area contributed by atoms with Crippen LogP contribution in [0, 0.1) is 5.92 Å². The Morgan fingerprint density at radius 3 is 2.59 bits per heavy atom. The van der Waals surface area contributed by atoms with E-state index in [1.165, 1.54) is 0 Å². The van der Waals surface area contributed by atoms with Crippen LogP contribution in [0.3, 0.4) is 0 Å². The van der Waals surface area contributed by atoms with E-state index in [0.717, 1.165) is 22.3 Å². The predicted octanol–water partition coefficient (Wildman–Crippen LogP) is 2.42. The van der Waals surface area contributed by atoms with Crippen molar-refractivity contribution in [1.82, 2.24) is 15.1 Å². The van der Waals surface area contributed by atoms with Gasteiger partial charge in [0.05, 0.1) is 15.9 Å². The van der Waals surface area contributed by atoms with Crippen LogP contribution in [-0.4, -0.2) is 39.7 Å².